The number of piperidine rings is 1. The molecule has 43 heavy (non-hydrogen) atoms. The van der Waals surface area contributed by atoms with Crippen molar-refractivity contribution in [1.82, 2.24) is 20.2 Å². The first kappa shape index (κ1) is 30.2. The van der Waals surface area contributed by atoms with Gasteiger partial charge >= 0.3 is 6.18 Å². The summed E-state index contributed by atoms with van der Waals surface area (Å²) >= 11 is 0. The second kappa shape index (κ2) is 12.5. The highest BCUT2D eigenvalue weighted by molar-refractivity contribution is 5.79. The average Bonchev–Trinajstić information content (AvgIpc) is 2.97. The van der Waals surface area contributed by atoms with Crippen molar-refractivity contribution in [2.24, 2.45) is 5.92 Å². The molecule has 0 saturated carbocycles. The van der Waals surface area contributed by atoms with Gasteiger partial charge in [-0.25, -0.2) is 9.37 Å². The molecule has 1 aliphatic rings. The van der Waals surface area contributed by atoms with Crippen LogP contribution in [-0.2, 0) is 11.0 Å². The fourth-order valence-corrected chi connectivity index (χ4v) is 5.59. The lowest BCUT2D eigenvalue weighted by Gasteiger charge is -2.31. The molecule has 0 bridgehead atoms. The van der Waals surface area contributed by atoms with E-state index in [-0.39, 0.29) is 23.8 Å². The summed E-state index contributed by atoms with van der Waals surface area (Å²) in [4.78, 5) is 31.6. The van der Waals surface area contributed by atoms with Crippen molar-refractivity contribution < 1.29 is 27.1 Å². The molecule has 3 aromatic carbocycles. The fraction of sp³-hybridized carbons (Fsp3) is 0.344. The lowest BCUT2D eigenvalue weighted by molar-refractivity contribution is -0.140. The number of fused-ring (bicyclic) bond motifs is 1. The summed E-state index contributed by atoms with van der Waals surface area (Å²) in [6, 6.07) is 16.0. The van der Waals surface area contributed by atoms with Gasteiger partial charge in [0, 0.05) is 12.5 Å². The molecular formula is C32H32F4N4O3. The number of alkyl halides is 3. The molecule has 0 aliphatic carbocycles. The van der Waals surface area contributed by atoms with Gasteiger partial charge in [-0.15, -0.1) is 0 Å². The quantitative estimate of drug-likeness (QED) is 0.235. The van der Waals surface area contributed by atoms with Gasteiger partial charge in [-0.1, -0.05) is 18.2 Å². The second-order valence-electron chi connectivity index (χ2n) is 10.7. The summed E-state index contributed by atoms with van der Waals surface area (Å²) < 4.78 is 60.6. The number of carbonyl (C=O) groups is 1. The van der Waals surface area contributed by atoms with E-state index in [0.29, 0.717) is 59.7 Å². The van der Waals surface area contributed by atoms with E-state index in [1.165, 1.54) is 10.6 Å². The summed E-state index contributed by atoms with van der Waals surface area (Å²) in [7, 11) is 0. The number of benzene rings is 3. The Morgan fingerprint density at radius 2 is 1.88 bits per heavy atom. The zero-order valence-electron chi connectivity index (χ0n) is 23.7. The topological polar surface area (TPSA) is 85.2 Å². The third-order valence-electron chi connectivity index (χ3n) is 7.66. The van der Waals surface area contributed by atoms with Crippen LogP contribution < -0.4 is 20.9 Å². The minimum atomic E-state index is -4.80. The smallest absolute Gasteiger partial charge is 0.419 e. The van der Waals surface area contributed by atoms with Crippen LogP contribution in [0.4, 0.5) is 17.6 Å². The number of rotatable bonds is 8. The second-order valence-corrected chi connectivity index (χ2v) is 10.7. The van der Waals surface area contributed by atoms with E-state index in [0.717, 1.165) is 12.1 Å². The van der Waals surface area contributed by atoms with Gasteiger partial charge < -0.3 is 15.4 Å². The monoisotopic (exact) mass is 596 g/mol. The summed E-state index contributed by atoms with van der Waals surface area (Å²) in [6.07, 6.45) is -3.60. The molecule has 3 atom stereocenters. The fourth-order valence-electron chi connectivity index (χ4n) is 5.59. The molecule has 7 nitrogen and oxygen atoms in total. The van der Waals surface area contributed by atoms with E-state index >= 15 is 0 Å². The van der Waals surface area contributed by atoms with Crippen LogP contribution in [0.1, 0.15) is 62.1 Å². The molecule has 2 N–H and O–H groups in total. The summed E-state index contributed by atoms with van der Waals surface area (Å²) in [6.45, 7) is 4.63. The van der Waals surface area contributed by atoms with Crippen LogP contribution in [0.3, 0.4) is 0 Å². The number of carbonyl (C=O) groups excluding carboxylic acids is 1. The number of nitrogens with zero attached hydrogens (tertiary/aromatic N) is 2. The Morgan fingerprint density at radius 3 is 2.60 bits per heavy atom. The Balaban J connectivity index is 1.35. The van der Waals surface area contributed by atoms with Crippen LogP contribution in [0.15, 0.2) is 71.5 Å². The maximum Gasteiger partial charge on any atom is 0.419 e. The average molecular weight is 597 g/mol. The first-order valence-corrected chi connectivity index (χ1v) is 14.2. The van der Waals surface area contributed by atoms with Gasteiger partial charge in [-0.3, -0.25) is 14.2 Å². The number of halogens is 4. The molecule has 226 valence electrons. The lowest BCUT2D eigenvalue weighted by atomic mass is 9.86. The summed E-state index contributed by atoms with van der Waals surface area (Å²) in [5.74, 6) is -0.686. The van der Waals surface area contributed by atoms with E-state index in [2.05, 4.69) is 10.6 Å². The van der Waals surface area contributed by atoms with E-state index in [1.807, 2.05) is 6.92 Å². The number of para-hydroxylation sites is 1. The van der Waals surface area contributed by atoms with Crippen LogP contribution in [0.25, 0.3) is 16.6 Å². The first-order chi connectivity index (χ1) is 20.5. The normalized spacial score (nSPS) is 17.9. The molecule has 4 aromatic rings. The molecule has 1 saturated heterocycles. The van der Waals surface area contributed by atoms with Crippen molar-refractivity contribution in [3.05, 3.63) is 99.9 Å². The van der Waals surface area contributed by atoms with Crippen molar-refractivity contribution in [3.63, 3.8) is 0 Å². The predicted octanol–water partition coefficient (Wildman–Crippen LogP) is 6.25. The highest BCUT2D eigenvalue weighted by Gasteiger charge is 2.35. The molecule has 5 rings (SSSR count). The highest BCUT2D eigenvalue weighted by atomic mass is 19.4. The molecule has 1 amide bonds. The summed E-state index contributed by atoms with van der Waals surface area (Å²) in [5.41, 5.74) is -0.176. The van der Waals surface area contributed by atoms with Gasteiger partial charge in [0.2, 0.25) is 5.91 Å². The van der Waals surface area contributed by atoms with Gasteiger partial charge in [-0.05, 0) is 93.2 Å². The standard InChI is InChI=1S/C32H32F4N4O3/c1-3-43-23-11-9-22(10-12-23)40-30(39-27-7-5-4-6-24(27)31(40)42)19(2)38-29(41)17-20-14-15-37-28(16-20)21-8-13-26(33)25(18-21)32(34,35)36/h4-13,18-20,28,37H,3,14-17H2,1-2H3,(H,38,41). The molecule has 0 radical (unpaired) electrons. The van der Waals surface area contributed by atoms with Gasteiger partial charge in [0.25, 0.3) is 5.56 Å². The Hall–Kier alpha value is -4.25. The minimum absolute atomic E-state index is 0.115. The molecular weight excluding hydrogens is 564 g/mol. The van der Waals surface area contributed by atoms with E-state index in [1.54, 1.807) is 55.5 Å². The van der Waals surface area contributed by atoms with Crippen LogP contribution in [0, 0.1) is 11.7 Å². The molecule has 1 fully saturated rings. The van der Waals surface area contributed by atoms with Crippen molar-refractivity contribution in [3.8, 4) is 11.4 Å². The number of ether oxygens (including phenoxy) is 1. The van der Waals surface area contributed by atoms with Crippen LogP contribution in [0.2, 0.25) is 0 Å². The highest BCUT2D eigenvalue weighted by Crippen LogP contribution is 2.36. The Morgan fingerprint density at radius 1 is 1.14 bits per heavy atom. The van der Waals surface area contributed by atoms with E-state index in [4.69, 9.17) is 9.72 Å². The van der Waals surface area contributed by atoms with Crippen LogP contribution in [-0.4, -0.2) is 28.6 Å². The molecule has 1 aliphatic heterocycles. The zero-order chi connectivity index (χ0) is 30.7. The third-order valence-corrected chi connectivity index (χ3v) is 7.66. The van der Waals surface area contributed by atoms with Crippen LogP contribution in [0.5, 0.6) is 5.75 Å². The lowest BCUT2D eigenvalue weighted by Crippen LogP contribution is -2.37. The zero-order valence-corrected chi connectivity index (χ0v) is 23.7. The molecule has 1 aromatic heterocycles. The molecule has 0 spiro atoms. The van der Waals surface area contributed by atoms with Gasteiger partial charge in [0.1, 0.15) is 17.4 Å². The van der Waals surface area contributed by atoms with Gasteiger partial charge in [0.05, 0.1) is 34.8 Å². The maximum absolute atomic E-state index is 13.8. The van der Waals surface area contributed by atoms with Gasteiger partial charge in [-0.2, -0.15) is 13.2 Å². The predicted molar refractivity (Wildman–Crippen MR) is 155 cm³/mol. The number of nitrogens with one attached hydrogen (secondary N) is 2. The Bertz CT molecular complexity index is 1670. The Labute approximate surface area is 245 Å². The first-order valence-electron chi connectivity index (χ1n) is 14.2. The van der Waals surface area contributed by atoms with Crippen LogP contribution >= 0.6 is 0 Å². The summed E-state index contributed by atoms with van der Waals surface area (Å²) in [5, 5.41) is 6.59. The number of amides is 1. The molecule has 3 unspecified atom stereocenters. The van der Waals surface area contributed by atoms with Crippen molar-refractivity contribution >= 4 is 16.8 Å². The van der Waals surface area contributed by atoms with E-state index < -0.39 is 29.6 Å². The number of hydrogen-bond donors (Lipinski definition) is 2. The maximum atomic E-state index is 13.8. The van der Waals surface area contributed by atoms with Crippen molar-refractivity contribution in [1.29, 1.82) is 0 Å². The Kier molecular flexibility index (Phi) is 8.82. The van der Waals surface area contributed by atoms with Crippen molar-refractivity contribution in [2.75, 3.05) is 13.2 Å². The molecule has 11 heteroatoms. The number of hydrogen-bond acceptors (Lipinski definition) is 5. The molecule has 2 heterocycles. The SMILES string of the molecule is CCOc1ccc(-n2c(C(C)NC(=O)CC3CCNC(c4ccc(F)c(C(F)(F)F)c4)C3)nc3ccccc3c2=O)cc1. The van der Waals surface area contributed by atoms with Gasteiger partial charge in [0.15, 0.2) is 0 Å². The van der Waals surface area contributed by atoms with E-state index in [9.17, 15) is 27.2 Å². The largest absolute Gasteiger partial charge is 0.494 e. The minimum Gasteiger partial charge on any atom is -0.494 e. The van der Waals surface area contributed by atoms with Crippen molar-refractivity contribution in [2.45, 2.75) is 51.4 Å². The third kappa shape index (κ3) is 6.72. The number of aromatic nitrogens is 2.